The van der Waals surface area contributed by atoms with Crippen molar-refractivity contribution in [2.45, 2.75) is 38.0 Å². The van der Waals surface area contributed by atoms with Gasteiger partial charge in [0.25, 0.3) is 0 Å². The lowest BCUT2D eigenvalue weighted by Crippen LogP contribution is -2.38. The van der Waals surface area contributed by atoms with E-state index in [1.54, 1.807) is 19.9 Å². The van der Waals surface area contributed by atoms with Crippen LogP contribution in [0.3, 0.4) is 0 Å². The molecule has 0 saturated heterocycles. The van der Waals surface area contributed by atoms with E-state index < -0.39 is 29.2 Å². The quantitative estimate of drug-likeness (QED) is 0.781. The zero-order valence-electron chi connectivity index (χ0n) is 15.0. The van der Waals surface area contributed by atoms with E-state index in [4.69, 9.17) is 9.15 Å². The molecule has 0 saturated carbocycles. The number of carbonyl (C=O) groups excluding carboxylic acids is 2. The second-order valence-corrected chi connectivity index (χ2v) is 7.27. The van der Waals surface area contributed by atoms with Crippen LogP contribution in [0, 0.1) is 0 Å². The van der Waals surface area contributed by atoms with Gasteiger partial charge < -0.3 is 14.5 Å². The van der Waals surface area contributed by atoms with Gasteiger partial charge in [0, 0.05) is 12.0 Å². The van der Waals surface area contributed by atoms with Crippen LogP contribution < -0.4 is 5.32 Å². The van der Waals surface area contributed by atoms with Crippen molar-refractivity contribution < 1.29 is 31.9 Å². The maximum Gasteiger partial charge on any atom is 0.416 e. The molecule has 2 aromatic rings. The Morgan fingerprint density at radius 1 is 1.14 bits per heavy atom. The number of nitrogens with one attached hydrogen (secondary N) is 1. The van der Waals surface area contributed by atoms with Gasteiger partial charge in [0.05, 0.1) is 22.8 Å². The Labute approximate surface area is 158 Å². The fraction of sp³-hybridized carbons (Fsp3) is 0.300. The second kappa shape index (κ2) is 5.98. The van der Waals surface area contributed by atoms with Crippen molar-refractivity contribution in [3.63, 3.8) is 0 Å². The summed E-state index contributed by atoms with van der Waals surface area (Å²) in [5, 5.41) is 2.69. The summed E-state index contributed by atoms with van der Waals surface area (Å²) in [6, 6.07) is 7.88. The summed E-state index contributed by atoms with van der Waals surface area (Å²) in [4.78, 5) is 24.5. The summed E-state index contributed by atoms with van der Waals surface area (Å²) >= 11 is 0. The molecule has 0 spiro atoms. The number of hydrogen-bond donors (Lipinski definition) is 1. The zero-order valence-corrected chi connectivity index (χ0v) is 15.0. The van der Waals surface area contributed by atoms with Crippen LogP contribution in [-0.4, -0.2) is 17.5 Å². The van der Waals surface area contributed by atoms with Gasteiger partial charge in [0.2, 0.25) is 5.91 Å². The third kappa shape index (κ3) is 2.98. The van der Waals surface area contributed by atoms with E-state index in [2.05, 4.69) is 5.32 Å². The standard InChI is InChI=1S/C20H16F3NO4/c1-19(2)17-16(18(26)28-19)12(9-15(25)24-17)14-7-6-13(27-14)10-4-3-5-11(8-10)20(21,22)23/h3-8,12H,9H2,1-2H3,(H,24,25)/t12-/m0/s1. The highest BCUT2D eigenvalue weighted by Crippen LogP contribution is 2.43. The van der Waals surface area contributed by atoms with Crippen molar-refractivity contribution in [1.29, 1.82) is 0 Å². The van der Waals surface area contributed by atoms with Gasteiger partial charge in [0.1, 0.15) is 17.1 Å². The Morgan fingerprint density at radius 2 is 1.89 bits per heavy atom. The number of carbonyl (C=O) groups is 2. The van der Waals surface area contributed by atoms with Gasteiger partial charge in [-0.2, -0.15) is 13.2 Å². The number of hydrogen-bond acceptors (Lipinski definition) is 4. The molecule has 1 atom stereocenters. The molecule has 4 rings (SSSR count). The summed E-state index contributed by atoms with van der Waals surface area (Å²) in [5.41, 5.74) is -0.779. The normalized spacial score (nSPS) is 21.4. The average Bonchev–Trinajstić information content (AvgIpc) is 3.17. The molecule has 5 nitrogen and oxygen atoms in total. The van der Waals surface area contributed by atoms with E-state index in [9.17, 15) is 22.8 Å². The molecule has 3 heterocycles. The number of halogens is 3. The largest absolute Gasteiger partial charge is 0.460 e. The first-order valence-corrected chi connectivity index (χ1v) is 8.61. The predicted molar refractivity (Wildman–Crippen MR) is 91.8 cm³/mol. The number of cyclic esters (lactones) is 1. The average molecular weight is 391 g/mol. The first-order chi connectivity index (χ1) is 13.1. The molecule has 146 valence electrons. The predicted octanol–water partition coefficient (Wildman–Crippen LogP) is 4.16. The van der Waals surface area contributed by atoms with Crippen LogP contribution in [0.2, 0.25) is 0 Å². The van der Waals surface area contributed by atoms with Crippen LogP contribution in [0.1, 0.15) is 37.5 Å². The first-order valence-electron chi connectivity index (χ1n) is 8.61. The van der Waals surface area contributed by atoms with Gasteiger partial charge in [0.15, 0.2) is 0 Å². The van der Waals surface area contributed by atoms with E-state index in [0.717, 1.165) is 12.1 Å². The summed E-state index contributed by atoms with van der Waals surface area (Å²) in [6.07, 6.45) is -4.48. The van der Waals surface area contributed by atoms with Crippen LogP contribution in [0.15, 0.2) is 52.1 Å². The van der Waals surface area contributed by atoms with Crippen molar-refractivity contribution in [3.05, 3.63) is 59.0 Å². The van der Waals surface area contributed by atoms with Crippen LogP contribution in [-0.2, 0) is 20.5 Å². The van der Waals surface area contributed by atoms with Gasteiger partial charge in [-0.05, 0) is 38.1 Å². The minimum absolute atomic E-state index is 0.0143. The number of ether oxygens (including phenoxy) is 1. The molecular weight excluding hydrogens is 375 g/mol. The molecule has 1 amide bonds. The van der Waals surface area contributed by atoms with Crippen molar-refractivity contribution in [3.8, 4) is 11.3 Å². The number of alkyl halides is 3. The van der Waals surface area contributed by atoms with Crippen LogP contribution in [0.25, 0.3) is 11.3 Å². The maximum absolute atomic E-state index is 13.0. The molecule has 2 aliphatic heterocycles. The lowest BCUT2D eigenvalue weighted by atomic mass is 9.86. The number of rotatable bonds is 2. The highest BCUT2D eigenvalue weighted by atomic mass is 19.4. The Hall–Kier alpha value is -3.03. The molecule has 2 aliphatic rings. The molecule has 0 radical (unpaired) electrons. The fourth-order valence-corrected chi connectivity index (χ4v) is 3.56. The highest BCUT2D eigenvalue weighted by molar-refractivity contribution is 5.99. The molecule has 0 aliphatic carbocycles. The van der Waals surface area contributed by atoms with Gasteiger partial charge in [-0.3, -0.25) is 4.79 Å². The Balaban J connectivity index is 1.73. The Bertz CT molecular complexity index is 1020. The molecule has 1 N–H and O–H groups in total. The Morgan fingerprint density at radius 3 is 2.61 bits per heavy atom. The van der Waals surface area contributed by atoms with Gasteiger partial charge in [-0.15, -0.1) is 0 Å². The lowest BCUT2D eigenvalue weighted by molar-refractivity contribution is -0.145. The van der Waals surface area contributed by atoms with E-state index in [1.807, 2.05) is 0 Å². The minimum Gasteiger partial charge on any atom is -0.460 e. The van der Waals surface area contributed by atoms with Gasteiger partial charge in [-0.25, -0.2) is 4.79 Å². The third-order valence-corrected chi connectivity index (χ3v) is 4.89. The summed E-state index contributed by atoms with van der Waals surface area (Å²) in [7, 11) is 0. The monoisotopic (exact) mass is 391 g/mol. The van der Waals surface area contributed by atoms with Crippen molar-refractivity contribution in [1.82, 2.24) is 5.32 Å². The van der Waals surface area contributed by atoms with Gasteiger partial charge >= 0.3 is 12.1 Å². The van der Waals surface area contributed by atoms with Crippen molar-refractivity contribution in [2.24, 2.45) is 0 Å². The summed E-state index contributed by atoms with van der Waals surface area (Å²) in [6.45, 7) is 3.35. The molecule has 0 fully saturated rings. The van der Waals surface area contributed by atoms with Crippen molar-refractivity contribution >= 4 is 11.9 Å². The molecule has 28 heavy (non-hydrogen) atoms. The van der Waals surface area contributed by atoms with Crippen molar-refractivity contribution in [2.75, 3.05) is 0 Å². The third-order valence-electron chi connectivity index (χ3n) is 4.89. The maximum atomic E-state index is 13.0. The van der Waals surface area contributed by atoms with E-state index >= 15 is 0 Å². The van der Waals surface area contributed by atoms with Crippen LogP contribution >= 0.6 is 0 Å². The number of benzene rings is 1. The summed E-state index contributed by atoms with van der Waals surface area (Å²) in [5.74, 6) is -0.934. The number of esters is 1. The topological polar surface area (TPSA) is 68.5 Å². The Kier molecular flexibility index (Phi) is 3.92. The smallest absolute Gasteiger partial charge is 0.416 e. The number of amides is 1. The van der Waals surface area contributed by atoms with Crippen LogP contribution in [0.4, 0.5) is 13.2 Å². The van der Waals surface area contributed by atoms with E-state index in [0.29, 0.717) is 17.0 Å². The molecule has 0 bridgehead atoms. The minimum atomic E-state index is -4.47. The second-order valence-electron chi connectivity index (χ2n) is 7.27. The fourth-order valence-electron chi connectivity index (χ4n) is 3.56. The lowest BCUT2D eigenvalue weighted by Gasteiger charge is -2.26. The van der Waals surface area contributed by atoms with Gasteiger partial charge in [-0.1, -0.05) is 12.1 Å². The summed E-state index contributed by atoms with van der Waals surface area (Å²) < 4.78 is 50.0. The van der Waals surface area contributed by atoms with E-state index in [-0.39, 0.29) is 23.7 Å². The molecular formula is C20H16F3NO4. The van der Waals surface area contributed by atoms with Crippen LogP contribution in [0.5, 0.6) is 0 Å². The zero-order chi connectivity index (χ0) is 20.3. The SMILES string of the molecule is CC1(C)OC(=O)C2=C1NC(=O)C[C@H]2c1ccc(-c2cccc(C(F)(F)F)c2)o1. The molecule has 1 aromatic heterocycles. The van der Waals surface area contributed by atoms with E-state index in [1.165, 1.54) is 18.2 Å². The molecule has 0 unspecified atom stereocenters. The first kappa shape index (κ1) is 18.3. The number of furan rings is 1. The molecule has 8 heteroatoms. The molecule has 1 aromatic carbocycles. The highest BCUT2D eigenvalue weighted by Gasteiger charge is 2.48.